The molecule has 2 amide bonds. The van der Waals surface area contributed by atoms with Crippen LogP contribution in [-0.2, 0) is 41.6 Å². The van der Waals surface area contributed by atoms with E-state index < -0.39 is 66.0 Å². The van der Waals surface area contributed by atoms with Crippen molar-refractivity contribution >= 4 is 41.7 Å². The van der Waals surface area contributed by atoms with Crippen LogP contribution in [0.15, 0.2) is 97.1 Å². The highest BCUT2D eigenvalue weighted by Crippen LogP contribution is 2.23. The summed E-state index contributed by atoms with van der Waals surface area (Å²) in [6.07, 6.45) is -3.09. The van der Waals surface area contributed by atoms with E-state index in [9.17, 15) is 43.8 Å². The van der Waals surface area contributed by atoms with Crippen LogP contribution in [0.1, 0.15) is 63.7 Å². The third kappa shape index (κ3) is 13.7. The molecule has 0 heterocycles. The highest BCUT2D eigenvalue weighted by Gasteiger charge is 2.33. The van der Waals surface area contributed by atoms with E-state index in [2.05, 4.69) is 10.6 Å². The molecule has 15 heteroatoms. The van der Waals surface area contributed by atoms with Crippen LogP contribution >= 0.6 is 0 Å². The van der Waals surface area contributed by atoms with Gasteiger partial charge < -0.3 is 40.2 Å². The molecule has 0 unspecified atom stereocenters. The summed E-state index contributed by atoms with van der Waals surface area (Å²) >= 11 is 0. The third-order valence-corrected chi connectivity index (χ3v) is 8.33. The first-order chi connectivity index (χ1) is 27.0. The average molecular weight is 785 g/mol. The molecule has 0 aliphatic carbocycles. The number of benzene rings is 4. The number of carbonyl (C=O) groups is 7. The number of amides is 2. The molecule has 300 valence electrons. The minimum atomic E-state index is -1.77. The molecule has 4 atom stereocenters. The number of carboxylic acid groups (broad SMARTS) is 2. The zero-order chi connectivity index (χ0) is 42.2. The molecule has 0 bridgehead atoms. The fourth-order valence-corrected chi connectivity index (χ4v) is 5.61. The van der Waals surface area contributed by atoms with Crippen molar-refractivity contribution in [1.29, 1.82) is 0 Å². The largest absolute Gasteiger partial charge is 0.479 e. The van der Waals surface area contributed by atoms with Crippen LogP contribution in [0, 0.1) is 13.8 Å². The summed E-state index contributed by atoms with van der Waals surface area (Å²) in [4.78, 5) is 82.4. The number of esters is 3. The van der Waals surface area contributed by atoms with Crippen molar-refractivity contribution in [1.82, 2.24) is 10.6 Å². The van der Waals surface area contributed by atoms with Gasteiger partial charge in [-0.1, -0.05) is 72.8 Å². The van der Waals surface area contributed by atoms with Crippen molar-refractivity contribution in [3.8, 4) is 11.5 Å². The Labute approximate surface area is 328 Å². The lowest BCUT2D eigenvalue weighted by Gasteiger charge is -2.25. The van der Waals surface area contributed by atoms with Crippen LogP contribution < -0.4 is 20.1 Å². The predicted octanol–water partition coefficient (Wildman–Crippen LogP) is 3.98. The molecule has 0 saturated heterocycles. The summed E-state index contributed by atoms with van der Waals surface area (Å²) in [5.41, 5.74) is 2.82. The Bertz CT molecular complexity index is 2070. The molecule has 57 heavy (non-hydrogen) atoms. The summed E-state index contributed by atoms with van der Waals surface area (Å²) in [7, 11) is 0. The molecule has 0 spiro atoms. The average Bonchev–Trinajstić information content (AvgIpc) is 3.15. The number of nitrogens with one attached hydrogen (secondary N) is 2. The second-order valence-electron chi connectivity index (χ2n) is 12.7. The highest BCUT2D eigenvalue weighted by molar-refractivity contribution is 5.98. The van der Waals surface area contributed by atoms with E-state index in [1.54, 1.807) is 86.6 Å². The van der Waals surface area contributed by atoms with Gasteiger partial charge in [-0.25, -0.2) is 9.59 Å². The molecule has 15 nitrogen and oxygen atoms in total. The lowest BCUT2D eigenvalue weighted by molar-refractivity contribution is -0.164. The van der Waals surface area contributed by atoms with Crippen LogP contribution in [0.4, 0.5) is 0 Å². The summed E-state index contributed by atoms with van der Waals surface area (Å²) in [5, 5.41) is 33.9. The normalized spacial score (nSPS) is 12.5. The Morgan fingerprint density at radius 1 is 0.544 bits per heavy atom. The summed E-state index contributed by atoms with van der Waals surface area (Å²) in [5.74, 6) is -5.31. The lowest BCUT2D eigenvalue weighted by atomic mass is 9.99. The topological polar surface area (TPSA) is 232 Å². The van der Waals surface area contributed by atoms with E-state index in [1.165, 1.54) is 26.0 Å². The first kappa shape index (κ1) is 44.5. The molecule has 4 rings (SSSR count). The number of carbonyl (C=O) groups excluding carboxylic acids is 5. The van der Waals surface area contributed by atoms with Crippen molar-refractivity contribution in [2.45, 2.75) is 71.8 Å². The Morgan fingerprint density at radius 2 is 0.947 bits per heavy atom. The minimum absolute atomic E-state index is 0.125. The van der Waals surface area contributed by atoms with E-state index in [-0.39, 0.29) is 35.5 Å². The molecular formula is C42H44N2O13. The van der Waals surface area contributed by atoms with Crippen molar-refractivity contribution in [3.05, 3.63) is 130 Å². The van der Waals surface area contributed by atoms with Gasteiger partial charge in [0.15, 0.2) is 6.10 Å². The van der Waals surface area contributed by atoms with Gasteiger partial charge in [-0.05, 0) is 62.1 Å². The minimum Gasteiger partial charge on any atom is -0.479 e. The Morgan fingerprint density at radius 3 is 1.32 bits per heavy atom. The van der Waals surface area contributed by atoms with Crippen molar-refractivity contribution in [2.75, 3.05) is 0 Å². The summed E-state index contributed by atoms with van der Waals surface area (Å²) in [6.45, 7) is 6.83. The Balaban J connectivity index is 0.000000307. The first-order valence-electron chi connectivity index (χ1n) is 17.5. The Kier molecular flexibility index (Phi) is 16.6. The smallest absolute Gasteiger partial charge is 0.347 e. The van der Waals surface area contributed by atoms with E-state index >= 15 is 0 Å². The fourth-order valence-electron chi connectivity index (χ4n) is 5.61. The number of hydrogen-bond acceptors (Lipinski definition) is 11. The standard InChI is InChI=1S/C22H23NO7.C20H21NO6/c1-13-17(10-7-11-19(13)29-14(2)24)21(26)23-18(12-16-8-5-4-6-9-16)20(22(27)28)30-15(3)25;1-12-15(9-6-10-17(12)27-13(2)22)19(24)21-16(18(23)20(25)26)11-14-7-4-3-5-8-14/h4-11,18,20H,12H2,1-3H3,(H,23,26)(H,27,28);3-10,16,18,23H,11H2,1-2H3,(H,21,24)(H,25,26)/t18-,20-;16-,18-/m00/s1. The molecule has 4 aromatic carbocycles. The van der Waals surface area contributed by atoms with Gasteiger partial charge in [0, 0.05) is 43.0 Å². The fraction of sp³-hybridized carbons (Fsp3) is 0.262. The monoisotopic (exact) mass is 784 g/mol. The van der Waals surface area contributed by atoms with E-state index in [0.29, 0.717) is 11.1 Å². The molecule has 4 aromatic rings. The van der Waals surface area contributed by atoms with Crippen molar-refractivity contribution < 1.29 is 63.1 Å². The van der Waals surface area contributed by atoms with Crippen LogP contribution in [0.3, 0.4) is 0 Å². The van der Waals surface area contributed by atoms with E-state index in [0.717, 1.165) is 18.1 Å². The van der Waals surface area contributed by atoms with Gasteiger partial charge in [-0.15, -0.1) is 0 Å². The molecule has 0 aliphatic rings. The molecule has 0 aliphatic heterocycles. The third-order valence-electron chi connectivity index (χ3n) is 8.33. The van der Waals surface area contributed by atoms with Gasteiger partial charge in [0.1, 0.15) is 11.5 Å². The van der Waals surface area contributed by atoms with E-state index in [1.807, 2.05) is 12.1 Å². The SMILES string of the molecule is CC(=O)Oc1cccc(C(=O)N[C@@H](Cc2ccccc2)[C@H](O)C(=O)O)c1C.CC(=O)Oc1cccc(C(=O)N[C@@H](Cc2ccccc2)[C@H](OC(C)=O)C(=O)O)c1C. The van der Waals surface area contributed by atoms with Gasteiger partial charge in [0.2, 0.25) is 6.10 Å². The van der Waals surface area contributed by atoms with Gasteiger partial charge in [-0.2, -0.15) is 0 Å². The molecule has 0 fully saturated rings. The van der Waals surface area contributed by atoms with Gasteiger partial charge in [0.05, 0.1) is 12.1 Å². The zero-order valence-electron chi connectivity index (χ0n) is 31.9. The van der Waals surface area contributed by atoms with Gasteiger partial charge in [0.25, 0.3) is 11.8 Å². The molecule has 0 aromatic heterocycles. The molecule has 0 radical (unpaired) electrons. The number of hydrogen-bond donors (Lipinski definition) is 5. The quantitative estimate of drug-likeness (QED) is 0.0849. The number of aliphatic hydroxyl groups is 1. The second-order valence-corrected chi connectivity index (χ2v) is 12.7. The van der Waals surface area contributed by atoms with Crippen LogP contribution in [0.5, 0.6) is 11.5 Å². The molecular weight excluding hydrogens is 740 g/mol. The summed E-state index contributed by atoms with van der Waals surface area (Å²) in [6, 6.07) is 25.1. The number of aliphatic carboxylic acids is 2. The highest BCUT2D eigenvalue weighted by atomic mass is 16.6. The maximum absolute atomic E-state index is 12.9. The number of rotatable bonds is 15. The number of aliphatic hydroxyl groups excluding tert-OH is 1. The molecule has 5 N–H and O–H groups in total. The van der Waals surface area contributed by atoms with Crippen LogP contribution in [0.25, 0.3) is 0 Å². The van der Waals surface area contributed by atoms with E-state index in [4.69, 9.17) is 19.3 Å². The van der Waals surface area contributed by atoms with Crippen LogP contribution in [-0.4, -0.2) is 81.3 Å². The number of ether oxygens (including phenoxy) is 3. The van der Waals surface area contributed by atoms with Crippen molar-refractivity contribution in [2.24, 2.45) is 0 Å². The Hall–Kier alpha value is -6.87. The number of carboxylic acids is 2. The van der Waals surface area contributed by atoms with Crippen molar-refractivity contribution in [3.63, 3.8) is 0 Å². The van der Waals surface area contributed by atoms with Crippen LogP contribution in [0.2, 0.25) is 0 Å². The zero-order valence-corrected chi connectivity index (χ0v) is 31.9. The summed E-state index contributed by atoms with van der Waals surface area (Å²) < 4.78 is 15.1. The second kappa shape index (κ2) is 21.3. The van der Waals surface area contributed by atoms with Gasteiger partial charge in [-0.3, -0.25) is 24.0 Å². The molecule has 0 saturated carbocycles. The van der Waals surface area contributed by atoms with Gasteiger partial charge >= 0.3 is 29.8 Å². The first-order valence-corrected chi connectivity index (χ1v) is 17.5. The predicted molar refractivity (Wildman–Crippen MR) is 205 cm³/mol. The maximum Gasteiger partial charge on any atom is 0.347 e. The maximum atomic E-state index is 12.9. The lowest BCUT2D eigenvalue weighted by Crippen LogP contribution is -2.50.